The summed E-state index contributed by atoms with van der Waals surface area (Å²) < 4.78 is 38.6. The van der Waals surface area contributed by atoms with Gasteiger partial charge in [0.2, 0.25) is 12.7 Å². The fraction of sp³-hybridized carbons (Fsp3) is 0.611. The number of piperidine rings is 1. The third-order valence-electron chi connectivity index (χ3n) is 5.01. The molecule has 1 aromatic rings. The summed E-state index contributed by atoms with van der Waals surface area (Å²) in [5.74, 6) is 0.982. The van der Waals surface area contributed by atoms with E-state index in [1.807, 2.05) is 6.92 Å². The van der Waals surface area contributed by atoms with Crippen LogP contribution in [-0.4, -0.2) is 56.4 Å². The molecule has 0 radical (unpaired) electrons. The number of carbonyl (C=O) groups is 1. The molecule has 2 heterocycles. The molecule has 0 saturated carbocycles. The number of nitrogens with zero attached hydrogens (tertiary/aromatic N) is 2. The fourth-order valence-corrected chi connectivity index (χ4v) is 4.69. The number of anilines is 1. The number of nitrogens with one attached hydrogen (secondary N) is 1. The Kier molecular flexibility index (Phi) is 6.23. The molecule has 1 N–H and O–H groups in total. The quantitative estimate of drug-likeness (QED) is 0.761. The predicted octanol–water partition coefficient (Wildman–Crippen LogP) is 2.04. The summed E-state index contributed by atoms with van der Waals surface area (Å²) in [7, 11) is -1.83. The third kappa shape index (κ3) is 4.53. The van der Waals surface area contributed by atoms with Crippen molar-refractivity contribution in [1.82, 2.24) is 8.61 Å². The average Bonchev–Trinajstić information content (AvgIpc) is 3.13. The van der Waals surface area contributed by atoms with E-state index in [0.29, 0.717) is 49.7 Å². The molecule has 0 unspecified atom stereocenters. The van der Waals surface area contributed by atoms with Crippen molar-refractivity contribution in [3.05, 3.63) is 18.2 Å². The zero-order valence-electron chi connectivity index (χ0n) is 15.8. The summed E-state index contributed by atoms with van der Waals surface area (Å²) >= 11 is 0. The van der Waals surface area contributed by atoms with Crippen molar-refractivity contribution in [3.8, 4) is 11.5 Å². The highest BCUT2D eigenvalue weighted by Crippen LogP contribution is 2.34. The molecule has 2 aliphatic heterocycles. The molecule has 0 aromatic heterocycles. The molecule has 27 heavy (non-hydrogen) atoms. The van der Waals surface area contributed by atoms with E-state index in [0.717, 1.165) is 12.8 Å². The molecule has 0 bridgehead atoms. The topological polar surface area (TPSA) is 88.2 Å². The Hall–Kier alpha value is -1.84. The van der Waals surface area contributed by atoms with Crippen LogP contribution in [0.2, 0.25) is 0 Å². The van der Waals surface area contributed by atoms with Gasteiger partial charge in [-0.05, 0) is 31.4 Å². The first-order valence-electron chi connectivity index (χ1n) is 9.33. The van der Waals surface area contributed by atoms with Crippen molar-refractivity contribution < 1.29 is 22.7 Å². The van der Waals surface area contributed by atoms with E-state index >= 15 is 0 Å². The van der Waals surface area contributed by atoms with Crippen LogP contribution in [0.1, 0.15) is 32.6 Å². The monoisotopic (exact) mass is 397 g/mol. The van der Waals surface area contributed by atoms with Crippen LogP contribution in [0, 0.1) is 5.92 Å². The van der Waals surface area contributed by atoms with Crippen LogP contribution in [0.15, 0.2) is 18.2 Å². The van der Waals surface area contributed by atoms with Crippen LogP contribution in [0.25, 0.3) is 0 Å². The van der Waals surface area contributed by atoms with Crippen molar-refractivity contribution in [2.45, 2.75) is 32.6 Å². The summed E-state index contributed by atoms with van der Waals surface area (Å²) in [6, 6.07) is 5.27. The van der Waals surface area contributed by atoms with Crippen LogP contribution in [-0.2, 0) is 15.0 Å². The minimum atomic E-state index is -3.44. The van der Waals surface area contributed by atoms with Crippen molar-refractivity contribution in [2.75, 3.05) is 38.8 Å². The van der Waals surface area contributed by atoms with Gasteiger partial charge in [0, 0.05) is 44.4 Å². The normalized spacial score (nSPS) is 18.0. The molecule has 9 heteroatoms. The first kappa shape index (κ1) is 19.9. The van der Waals surface area contributed by atoms with Gasteiger partial charge in [-0.3, -0.25) is 4.79 Å². The van der Waals surface area contributed by atoms with Gasteiger partial charge in [0.15, 0.2) is 11.5 Å². The zero-order chi connectivity index (χ0) is 19.4. The lowest BCUT2D eigenvalue weighted by Crippen LogP contribution is -2.47. The lowest BCUT2D eigenvalue weighted by atomic mass is 9.97. The number of ether oxygens (including phenoxy) is 2. The highest BCUT2D eigenvalue weighted by atomic mass is 32.2. The second-order valence-electron chi connectivity index (χ2n) is 6.91. The lowest BCUT2D eigenvalue weighted by Gasteiger charge is -2.33. The minimum absolute atomic E-state index is 0.0924. The molecule has 0 aliphatic carbocycles. The van der Waals surface area contributed by atoms with Crippen molar-refractivity contribution in [2.24, 2.45) is 5.92 Å². The van der Waals surface area contributed by atoms with E-state index < -0.39 is 10.2 Å². The molecule has 8 nitrogen and oxygen atoms in total. The van der Waals surface area contributed by atoms with E-state index in [1.165, 1.54) is 8.61 Å². The fourth-order valence-electron chi connectivity index (χ4n) is 3.26. The Morgan fingerprint density at radius 2 is 1.96 bits per heavy atom. The van der Waals surface area contributed by atoms with Crippen molar-refractivity contribution in [1.29, 1.82) is 0 Å². The Morgan fingerprint density at radius 1 is 1.26 bits per heavy atom. The molecular formula is C18H27N3O5S. The second kappa shape index (κ2) is 8.45. The van der Waals surface area contributed by atoms with Gasteiger partial charge in [0.25, 0.3) is 10.2 Å². The second-order valence-corrected chi connectivity index (χ2v) is 8.95. The molecular weight excluding hydrogens is 370 g/mol. The zero-order valence-corrected chi connectivity index (χ0v) is 16.6. The van der Waals surface area contributed by atoms with Crippen LogP contribution in [0.4, 0.5) is 5.69 Å². The number of hydrogen-bond acceptors (Lipinski definition) is 5. The van der Waals surface area contributed by atoms with Crippen LogP contribution in [0.3, 0.4) is 0 Å². The van der Waals surface area contributed by atoms with Crippen molar-refractivity contribution in [3.63, 3.8) is 0 Å². The molecule has 3 rings (SSSR count). The molecule has 0 spiro atoms. The van der Waals surface area contributed by atoms with E-state index in [1.54, 1.807) is 25.2 Å². The largest absolute Gasteiger partial charge is 0.454 e. The van der Waals surface area contributed by atoms with E-state index in [2.05, 4.69) is 5.32 Å². The highest BCUT2D eigenvalue weighted by Gasteiger charge is 2.33. The molecule has 0 atom stereocenters. The molecule has 1 aromatic carbocycles. The van der Waals surface area contributed by atoms with Crippen LogP contribution < -0.4 is 14.8 Å². The Labute approximate surface area is 160 Å². The molecule has 2 aliphatic rings. The third-order valence-corrected chi connectivity index (χ3v) is 7.00. The predicted molar refractivity (Wildman–Crippen MR) is 102 cm³/mol. The maximum Gasteiger partial charge on any atom is 0.281 e. The Morgan fingerprint density at radius 3 is 2.67 bits per heavy atom. The maximum absolute atomic E-state index is 12.6. The summed E-state index contributed by atoms with van der Waals surface area (Å²) in [6.07, 6.45) is 2.81. The first-order chi connectivity index (χ1) is 12.9. The van der Waals surface area contributed by atoms with Gasteiger partial charge in [0.05, 0.1) is 0 Å². The smallest absolute Gasteiger partial charge is 0.281 e. The summed E-state index contributed by atoms with van der Waals surface area (Å²) in [5.41, 5.74) is 0.651. The first-order valence-corrected chi connectivity index (χ1v) is 10.7. The van der Waals surface area contributed by atoms with E-state index in [4.69, 9.17) is 9.47 Å². The molecule has 1 amide bonds. The van der Waals surface area contributed by atoms with Gasteiger partial charge in [-0.15, -0.1) is 0 Å². The van der Waals surface area contributed by atoms with Crippen LogP contribution in [0.5, 0.6) is 11.5 Å². The SMILES string of the molecule is CCCCN(C)S(=O)(=O)N1CCC(C(=O)Nc2ccc3c(c2)OCO3)CC1. The number of benzene rings is 1. The van der Waals surface area contributed by atoms with Crippen LogP contribution >= 0.6 is 0 Å². The number of amides is 1. The van der Waals surface area contributed by atoms with Gasteiger partial charge >= 0.3 is 0 Å². The van der Waals surface area contributed by atoms with Gasteiger partial charge < -0.3 is 14.8 Å². The summed E-state index contributed by atoms with van der Waals surface area (Å²) in [5, 5.41) is 2.89. The minimum Gasteiger partial charge on any atom is -0.454 e. The highest BCUT2D eigenvalue weighted by molar-refractivity contribution is 7.86. The van der Waals surface area contributed by atoms with Crippen molar-refractivity contribution >= 4 is 21.8 Å². The Bertz CT molecular complexity index is 775. The molecule has 1 fully saturated rings. The molecule has 1 saturated heterocycles. The van der Waals surface area contributed by atoms with E-state index in [-0.39, 0.29) is 18.6 Å². The van der Waals surface area contributed by atoms with Gasteiger partial charge in [0.1, 0.15) is 0 Å². The standard InChI is InChI=1S/C18H27N3O5S/c1-3-4-9-20(2)27(23,24)21-10-7-14(8-11-21)18(22)19-15-5-6-16-17(12-15)26-13-25-16/h5-6,12,14H,3-4,7-11,13H2,1-2H3,(H,19,22). The van der Waals surface area contributed by atoms with E-state index in [9.17, 15) is 13.2 Å². The number of hydrogen-bond donors (Lipinski definition) is 1. The summed E-state index contributed by atoms with van der Waals surface area (Å²) in [6.45, 7) is 3.45. The number of carbonyl (C=O) groups excluding carboxylic acids is 1. The van der Waals surface area contributed by atoms with Gasteiger partial charge in [-0.2, -0.15) is 17.0 Å². The number of unbranched alkanes of at least 4 members (excludes halogenated alkanes) is 1. The molecule has 150 valence electrons. The maximum atomic E-state index is 12.6. The average molecular weight is 397 g/mol. The summed E-state index contributed by atoms with van der Waals surface area (Å²) in [4.78, 5) is 12.5. The Balaban J connectivity index is 1.53. The number of fused-ring (bicyclic) bond motifs is 1. The number of rotatable bonds is 7. The van der Waals surface area contributed by atoms with Gasteiger partial charge in [-0.1, -0.05) is 13.3 Å². The van der Waals surface area contributed by atoms with Gasteiger partial charge in [-0.25, -0.2) is 0 Å². The lowest BCUT2D eigenvalue weighted by molar-refractivity contribution is -0.120.